The van der Waals surface area contributed by atoms with Crippen molar-refractivity contribution in [1.82, 2.24) is 0 Å². The van der Waals surface area contributed by atoms with Gasteiger partial charge in [-0.05, 0) is 24.0 Å². The Bertz CT molecular complexity index is 235. The fourth-order valence-corrected chi connectivity index (χ4v) is 1.54. The van der Waals surface area contributed by atoms with Crippen LogP contribution in [0.25, 0.3) is 0 Å². The molecule has 1 nitrogen and oxygen atoms in total. The molecule has 12 heavy (non-hydrogen) atoms. The summed E-state index contributed by atoms with van der Waals surface area (Å²) in [5.74, 6) is 0.654. The largest absolute Gasteiger partial charge is 0.323 e. The van der Waals surface area contributed by atoms with Crippen molar-refractivity contribution >= 4 is 11.8 Å². The van der Waals surface area contributed by atoms with Gasteiger partial charge in [-0.1, -0.05) is 12.1 Å². The molecule has 0 heterocycles. The van der Waals surface area contributed by atoms with Gasteiger partial charge in [0.2, 0.25) is 0 Å². The van der Waals surface area contributed by atoms with Crippen LogP contribution in [0, 0.1) is 5.82 Å². The molecule has 0 saturated heterocycles. The molecule has 1 aromatic carbocycles. The summed E-state index contributed by atoms with van der Waals surface area (Å²) < 4.78 is 12.5. The highest BCUT2D eigenvalue weighted by Gasteiger charge is 2.03. The first-order valence-electron chi connectivity index (χ1n) is 3.74. The zero-order valence-electron chi connectivity index (χ0n) is 6.96. The van der Waals surface area contributed by atoms with Crippen LogP contribution in [0.3, 0.4) is 0 Å². The molecule has 0 aliphatic carbocycles. The second-order valence-corrected chi connectivity index (χ2v) is 3.52. The maximum atomic E-state index is 12.5. The molecule has 3 heteroatoms. The molecule has 0 fully saturated rings. The quantitative estimate of drug-likeness (QED) is 0.781. The van der Waals surface area contributed by atoms with Crippen molar-refractivity contribution in [2.75, 3.05) is 12.0 Å². The third-order valence-electron chi connectivity index (χ3n) is 1.64. The minimum Gasteiger partial charge on any atom is -0.323 e. The smallest absolute Gasteiger partial charge is 0.123 e. The molecule has 1 atom stereocenters. The summed E-state index contributed by atoms with van der Waals surface area (Å²) in [5.41, 5.74) is 6.80. The molecular formula is C9H12FNS. The fraction of sp³-hybridized carbons (Fsp3) is 0.333. The van der Waals surface area contributed by atoms with Gasteiger partial charge in [0.25, 0.3) is 0 Å². The predicted molar refractivity (Wildman–Crippen MR) is 51.7 cm³/mol. The Morgan fingerprint density at radius 1 is 1.42 bits per heavy atom. The van der Waals surface area contributed by atoms with Crippen molar-refractivity contribution in [2.24, 2.45) is 5.73 Å². The van der Waals surface area contributed by atoms with Gasteiger partial charge in [0.1, 0.15) is 5.82 Å². The molecule has 0 amide bonds. The van der Waals surface area contributed by atoms with E-state index in [2.05, 4.69) is 0 Å². The molecular weight excluding hydrogens is 173 g/mol. The lowest BCUT2D eigenvalue weighted by Crippen LogP contribution is -2.12. The normalized spacial score (nSPS) is 12.9. The van der Waals surface area contributed by atoms with E-state index >= 15 is 0 Å². The SMILES string of the molecule is CSCC(N)c1ccc(F)cc1. The topological polar surface area (TPSA) is 26.0 Å². The van der Waals surface area contributed by atoms with Crippen LogP contribution < -0.4 is 5.73 Å². The van der Waals surface area contributed by atoms with E-state index in [1.54, 1.807) is 23.9 Å². The predicted octanol–water partition coefficient (Wildman–Crippen LogP) is 2.19. The first-order chi connectivity index (χ1) is 5.74. The Morgan fingerprint density at radius 3 is 2.50 bits per heavy atom. The van der Waals surface area contributed by atoms with E-state index in [-0.39, 0.29) is 11.9 Å². The molecule has 0 bridgehead atoms. The van der Waals surface area contributed by atoms with E-state index in [0.29, 0.717) is 0 Å². The maximum Gasteiger partial charge on any atom is 0.123 e. The van der Waals surface area contributed by atoms with Crippen molar-refractivity contribution in [1.29, 1.82) is 0 Å². The Balaban J connectivity index is 2.68. The van der Waals surface area contributed by atoms with Crippen molar-refractivity contribution in [3.05, 3.63) is 35.6 Å². The molecule has 0 spiro atoms. The summed E-state index contributed by atoms with van der Waals surface area (Å²) in [6, 6.07) is 6.36. The van der Waals surface area contributed by atoms with Crippen LogP contribution in [-0.4, -0.2) is 12.0 Å². The van der Waals surface area contributed by atoms with Gasteiger partial charge in [0.05, 0.1) is 0 Å². The fourth-order valence-electron chi connectivity index (χ4n) is 0.986. The van der Waals surface area contributed by atoms with E-state index in [4.69, 9.17) is 5.73 Å². The molecule has 2 N–H and O–H groups in total. The van der Waals surface area contributed by atoms with E-state index in [1.165, 1.54) is 12.1 Å². The number of halogens is 1. The first kappa shape index (κ1) is 9.55. The van der Waals surface area contributed by atoms with E-state index in [0.717, 1.165) is 11.3 Å². The van der Waals surface area contributed by atoms with Crippen LogP contribution in [0.2, 0.25) is 0 Å². The average Bonchev–Trinajstić information content (AvgIpc) is 2.06. The van der Waals surface area contributed by atoms with Crippen LogP contribution in [0.5, 0.6) is 0 Å². The van der Waals surface area contributed by atoms with Gasteiger partial charge in [-0.2, -0.15) is 11.8 Å². The molecule has 1 aromatic rings. The van der Waals surface area contributed by atoms with Crippen molar-refractivity contribution in [2.45, 2.75) is 6.04 Å². The van der Waals surface area contributed by atoms with E-state index in [9.17, 15) is 4.39 Å². The molecule has 0 aromatic heterocycles. The van der Waals surface area contributed by atoms with Crippen LogP contribution in [0.1, 0.15) is 11.6 Å². The lowest BCUT2D eigenvalue weighted by Gasteiger charge is -2.09. The van der Waals surface area contributed by atoms with Gasteiger partial charge in [-0.25, -0.2) is 4.39 Å². The summed E-state index contributed by atoms with van der Waals surface area (Å²) in [6.07, 6.45) is 2.00. The third kappa shape index (κ3) is 2.50. The second-order valence-electron chi connectivity index (χ2n) is 2.61. The van der Waals surface area contributed by atoms with Gasteiger partial charge >= 0.3 is 0 Å². The van der Waals surface area contributed by atoms with Gasteiger partial charge in [0.15, 0.2) is 0 Å². The van der Waals surface area contributed by atoms with Crippen LogP contribution in [-0.2, 0) is 0 Å². The zero-order chi connectivity index (χ0) is 8.97. The monoisotopic (exact) mass is 185 g/mol. The lowest BCUT2D eigenvalue weighted by atomic mass is 10.1. The molecule has 1 unspecified atom stereocenters. The summed E-state index contributed by atoms with van der Waals surface area (Å²) in [6.45, 7) is 0. The molecule has 0 aliphatic rings. The Hall–Kier alpha value is -0.540. The van der Waals surface area contributed by atoms with Gasteiger partial charge in [-0.15, -0.1) is 0 Å². The maximum absolute atomic E-state index is 12.5. The van der Waals surface area contributed by atoms with Crippen molar-refractivity contribution in [3.63, 3.8) is 0 Å². The minimum absolute atomic E-state index is 0.0144. The zero-order valence-corrected chi connectivity index (χ0v) is 7.77. The summed E-state index contributed by atoms with van der Waals surface area (Å²) >= 11 is 1.69. The highest BCUT2D eigenvalue weighted by atomic mass is 32.2. The number of hydrogen-bond acceptors (Lipinski definition) is 2. The molecule has 0 saturated carbocycles. The van der Waals surface area contributed by atoms with Crippen LogP contribution in [0.4, 0.5) is 4.39 Å². The molecule has 66 valence electrons. The highest BCUT2D eigenvalue weighted by Crippen LogP contribution is 2.14. The third-order valence-corrected chi connectivity index (χ3v) is 2.34. The standard InChI is InChI=1S/C9H12FNS/c1-12-6-9(11)7-2-4-8(10)5-3-7/h2-5,9H,6,11H2,1H3. The van der Waals surface area contributed by atoms with E-state index in [1.807, 2.05) is 6.26 Å². The number of hydrogen-bond donors (Lipinski definition) is 1. The first-order valence-corrected chi connectivity index (χ1v) is 5.13. The Morgan fingerprint density at radius 2 is 2.00 bits per heavy atom. The molecule has 0 radical (unpaired) electrons. The van der Waals surface area contributed by atoms with Crippen LogP contribution in [0.15, 0.2) is 24.3 Å². The number of thioether (sulfide) groups is 1. The van der Waals surface area contributed by atoms with Gasteiger partial charge < -0.3 is 5.73 Å². The Kier molecular flexibility index (Phi) is 3.56. The summed E-state index contributed by atoms with van der Waals surface area (Å²) in [5, 5.41) is 0. The van der Waals surface area contributed by atoms with Crippen LogP contribution >= 0.6 is 11.8 Å². The minimum atomic E-state index is -0.213. The van der Waals surface area contributed by atoms with Gasteiger partial charge in [0, 0.05) is 11.8 Å². The summed E-state index contributed by atoms with van der Waals surface area (Å²) in [7, 11) is 0. The number of nitrogens with two attached hydrogens (primary N) is 1. The van der Waals surface area contributed by atoms with Gasteiger partial charge in [-0.3, -0.25) is 0 Å². The number of benzene rings is 1. The van der Waals surface area contributed by atoms with Crippen molar-refractivity contribution in [3.8, 4) is 0 Å². The molecule has 0 aliphatic heterocycles. The average molecular weight is 185 g/mol. The Labute approximate surface area is 76.2 Å². The summed E-state index contributed by atoms with van der Waals surface area (Å²) in [4.78, 5) is 0. The van der Waals surface area contributed by atoms with Crippen molar-refractivity contribution < 1.29 is 4.39 Å². The van der Waals surface area contributed by atoms with E-state index < -0.39 is 0 Å². The number of rotatable bonds is 3. The lowest BCUT2D eigenvalue weighted by molar-refractivity contribution is 0.626. The highest BCUT2D eigenvalue weighted by molar-refractivity contribution is 7.98. The second kappa shape index (κ2) is 4.48. The molecule has 1 rings (SSSR count).